The van der Waals surface area contributed by atoms with Crippen molar-refractivity contribution < 1.29 is 9.59 Å². The lowest BCUT2D eigenvalue weighted by Crippen LogP contribution is -2.52. The average Bonchev–Trinajstić information content (AvgIpc) is 2.90. The molecule has 0 saturated carbocycles. The van der Waals surface area contributed by atoms with Crippen LogP contribution >= 0.6 is 0 Å². The van der Waals surface area contributed by atoms with Gasteiger partial charge < -0.3 is 10.2 Å². The molecule has 2 unspecified atom stereocenters. The molecule has 0 aromatic heterocycles. The molecule has 3 aromatic carbocycles. The summed E-state index contributed by atoms with van der Waals surface area (Å²) in [6.45, 7) is 11.0. The molecule has 0 fully saturated rings. The van der Waals surface area contributed by atoms with Crippen LogP contribution in [0.25, 0.3) is 0 Å². The lowest BCUT2D eigenvalue weighted by Gasteiger charge is -2.32. The van der Waals surface area contributed by atoms with Crippen LogP contribution in [0.2, 0.25) is 0 Å². The van der Waals surface area contributed by atoms with E-state index in [1.165, 1.54) is 5.56 Å². The van der Waals surface area contributed by atoms with Gasteiger partial charge in [0.25, 0.3) is 0 Å². The molecule has 0 heterocycles. The molecule has 0 bridgehead atoms. The first-order valence-corrected chi connectivity index (χ1v) is 13.4. The Kier molecular flexibility index (Phi) is 10.1. The fraction of sp³-hybridized carbons (Fsp3) is 0.394. The number of hydrogen-bond donors (Lipinski definition) is 1. The number of hydrogen-bond acceptors (Lipinski definition) is 2. The lowest BCUT2D eigenvalue weighted by molar-refractivity contribution is -0.141. The quantitative estimate of drug-likeness (QED) is 0.329. The average molecular weight is 499 g/mol. The van der Waals surface area contributed by atoms with Gasteiger partial charge in [0.05, 0.1) is 0 Å². The van der Waals surface area contributed by atoms with Gasteiger partial charge in [0.15, 0.2) is 0 Å². The summed E-state index contributed by atoms with van der Waals surface area (Å²) in [5.74, 6) is -0.110. The van der Waals surface area contributed by atoms with Gasteiger partial charge in [-0.15, -0.1) is 0 Å². The van der Waals surface area contributed by atoms with Crippen LogP contribution in [0.4, 0.5) is 0 Å². The summed E-state index contributed by atoms with van der Waals surface area (Å²) in [6, 6.07) is 27.9. The summed E-state index contributed by atoms with van der Waals surface area (Å²) in [5, 5.41) is 3.13. The highest BCUT2D eigenvalue weighted by Crippen LogP contribution is 2.23. The van der Waals surface area contributed by atoms with Gasteiger partial charge in [0.1, 0.15) is 6.04 Å². The van der Waals surface area contributed by atoms with Crippen LogP contribution in [0.1, 0.15) is 69.7 Å². The maximum absolute atomic E-state index is 13.8. The minimum Gasteiger partial charge on any atom is -0.352 e. The molecule has 0 aliphatic carbocycles. The minimum atomic E-state index is -0.590. The molecule has 37 heavy (non-hydrogen) atoms. The maximum Gasteiger partial charge on any atom is 0.243 e. The zero-order chi connectivity index (χ0) is 26.8. The third-order valence-corrected chi connectivity index (χ3v) is 6.92. The Morgan fingerprint density at radius 2 is 1.38 bits per heavy atom. The van der Waals surface area contributed by atoms with Crippen LogP contribution in [0, 0.1) is 0 Å². The Morgan fingerprint density at radius 1 is 0.811 bits per heavy atom. The summed E-state index contributed by atoms with van der Waals surface area (Å²) >= 11 is 0. The second kappa shape index (κ2) is 13.2. The van der Waals surface area contributed by atoms with Crippen molar-refractivity contribution in [1.29, 1.82) is 0 Å². The Hall–Kier alpha value is -3.40. The van der Waals surface area contributed by atoms with Gasteiger partial charge in [-0.25, -0.2) is 0 Å². The van der Waals surface area contributed by atoms with Gasteiger partial charge in [-0.2, -0.15) is 0 Å². The van der Waals surface area contributed by atoms with Gasteiger partial charge in [-0.05, 0) is 47.4 Å². The van der Waals surface area contributed by atoms with Crippen molar-refractivity contribution in [1.82, 2.24) is 10.2 Å². The number of carbonyl (C=O) groups is 2. The number of aryl methyl sites for hydroxylation is 1. The van der Waals surface area contributed by atoms with Gasteiger partial charge >= 0.3 is 0 Å². The molecule has 0 radical (unpaired) electrons. The smallest absolute Gasteiger partial charge is 0.243 e. The van der Waals surface area contributed by atoms with Crippen molar-refractivity contribution in [3.8, 4) is 0 Å². The molecular formula is C33H42N2O2. The number of amides is 2. The molecule has 0 aliphatic heterocycles. The van der Waals surface area contributed by atoms with Crippen molar-refractivity contribution >= 4 is 11.8 Å². The molecular weight excluding hydrogens is 456 g/mol. The molecule has 0 spiro atoms. The van der Waals surface area contributed by atoms with E-state index < -0.39 is 6.04 Å². The van der Waals surface area contributed by atoms with Gasteiger partial charge in [-0.3, -0.25) is 9.59 Å². The zero-order valence-electron chi connectivity index (χ0n) is 23.0. The molecule has 0 aliphatic rings. The first-order valence-electron chi connectivity index (χ1n) is 13.4. The minimum absolute atomic E-state index is 0.0102. The lowest BCUT2D eigenvalue weighted by atomic mass is 9.86. The van der Waals surface area contributed by atoms with Crippen LogP contribution in [0.3, 0.4) is 0 Å². The van der Waals surface area contributed by atoms with Crippen LogP contribution in [0.5, 0.6) is 0 Å². The first kappa shape index (κ1) is 28.2. The molecule has 196 valence electrons. The van der Waals surface area contributed by atoms with Gasteiger partial charge in [0, 0.05) is 25.4 Å². The fourth-order valence-corrected chi connectivity index (χ4v) is 4.34. The molecule has 2 atom stereocenters. The molecule has 2 amide bonds. The Morgan fingerprint density at radius 3 is 1.92 bits per heavy atom. The van der Waals surface area contributed by atoms with Crippen LogP contribution in [-0.4, -0.2) is 28.8 Å². The Labute approximate surface area is 223 Å². The van der Waals surface area contributed by atoms with Crippen molar-refractivity contribution in [2.24, 2.45) is 0 Å². The fourth-order valence-electron chi connectivity index (χ4n) is 4.34. The summed E-state index contributed by atoms with van der Waals surface area (Å²) in [6.07, 6.45) is 2.30. The zero-order valence-corrected chi connectivity index (χ0v) is 23.0. The Bertz CT molecular complexity index is 1120. The van der Waals surface area contributed by atoms with Crippen molar-refractivity contribution in [3.05, 3.63) is 107 Å². The van der Waals surface area contributed by atoms with Gasteiger partial charge in [-0.1, -0.05) is 113 Å². The highest BCUT2D eigenvalue weighted by atomic mass is 16.2. The normalized spacial score (nSPS) is 13.0. The molecule has 0 saturated heterocycles. The summed E-state index contributed by atoms with van der Waals surface area (Å²) in [7, 11) is 0. The number of nitrogens with one attached hydrogen (secondary N) is 1. The van der Waals surface area contributed by atoms with Crippen molar-refractivity contribution in [2.75, 3.05) is 0 Å². The van der Waals surface area contributed by atoms with E-state index in [0.29, 0.717) is 25.8 Å². The number of benzene rings is 3. The maximum atomic E-state index is 13.8. The molecule has 3 aromatic rings. The molecule has 1 N–H and O–H groups in total. The van der Waals surface area contributed by atoms with E-state index in [4.69, 9.17) is 0 Å². The van der Waals surface area contributed by atoms with E-state index in [1.54, 1.807) is 4.90 Å². The van der Waals surface area contributed by atoms with E-state index in [9.17, 15) is 9.59 Å². The Balaban J connectivity index is 1.86. The van der Waals surface area contributed by atoms with E-state index in [2.05, 4.69) is 57.3 Å². The predicted octanol–water partition coefficient (Wildman–Crippen LogP) is 6.47. The van der Waals surface area contributed by atoms with E-state index >= 15 is 0 Å². The second-order valence-corrected chi connectivity index (χ2v) is 11.0. The predicted molar refractivity (Wildman–Crippen MR) is 152 cm³/mol. The van der Waals surface area contributed by atoms with Crippen LogP contribution in [-0.2, 0) is 34.4 Å². The highest BCUT2D eigenvalue weighted by Gasteiger charge is 2.30. The number of rotatable bonds is 11. The molecule has 4 nitrogen and oxygen atoms in total. The SMILES string of the molecule is CCC(C)NC(=O)C(Cc1ccccc1)N(Cc1ccccc1)C(=O)CCc1ccc(C(C)(C)C)cc1. The third-order valence-electron chi connectivity index (χ3n) is 6.92. The monoisotopic (exact) mass is 498 g/mol. The van der Waals surface area contributed by atoms with Gasteiger partial charge in [0.2, 0.25) is 11.8 Å². The summed E-state index contributed by atoms with van der Waals surface area (Å²) in [4.78, 5) is 29.1. The molecule has 4 heteroatoms. The third kappa shape index (κ3) is 8.59. The number of nitrogens with zero attached hydrogens (tertiary/aromatic N) is 1. The van der Waals surface area contributed by atoms with E-state index in [1.807, 2.05) is 67.6 Å². The van der Waals surface area contributed by atoms with Crippen LogP contribution < -0.4 is 5.32 Å². The van der Waals surface area contributed by atoms with Crippen molar-refractivity contribution in [3.63, 3.8) is 0 Å². The largest absolute Gasteiger partial charge is 0.352 e. The summed E-state index contributed by atoms with van der Waals surface area (Å²) < 4.78 is 0. The van der Waals surface area contributed by atoms with E-state index in [-0.39, 0.29) is 23.3 Å². The number of carbonyl (C=O) groups excluding carboxylic acids is 2. The molecule has 3 rings (SSSR count). The highest BCUT2D eigenvalue weighted by molar-refractivity contribution is 5.88. The van der Waals surface area contributed by atoms with Crippen LogP contribution in [0.15, 0.2) is 84.9 Å². The second-order valence-electron chi connectivity index (χ2n) is 11.0. The standard InChI is InChI=1S/C33H42N2O2/c1-6-25(2)34-32(37)30(23-27-13-9-7-10-14-27)35(24-28-15-11-8-12-16-28)31(36)22-19-26-17-20-29(21-18-26)33(3,4)5/h7-18,20-21,25,30H,6,19,22-24H2,1-5H3,(H,34,37). The topological polar surface area (TPSA) is 49.4 Å². The summed E-state index contributed by atoms with van der Waals surface area (Å²) in [5.41, 5.74) is 4.55. The van der Waals surface area contributed by atoms with Crippen molar-refractivity contribution in [2.45, 2.75) is 84.3 Å². The van der Waals surface area contributed by atoms with E-state index in [0.717, 1.165) is 23.1 Å². The first-order chi connectivity index (χ1) is 17.7.